The summed E-state index contributed by atoms with van der Waals surface area (Å²) in [6.45, 7) is 4.12. The van der Waals surface area contributed by atoms with E-state index in [9.17, 15) is 8.78 Å². The molecule has 0 atom stereocenters. The van der Waals surface area contributed by atoms with Crippen molar-refractivity contribution in [1.29, 1.82) is 0 Å². The van der Waals surface area contributed by atoms with Crippen LogP contribution in [0.2, 0.25) is 0 Å². The van der Waals surface area contributed by atoms with Gasteiger partial charge in [-0.05, 0) is 30.9 Å². The maximum atomic E-state index is 13.2. The first-order valence-corrected chi connectivity index (χ1v) is 7.89. The number of pyridine rings is 1. The fourth-order valence-electron chi connectivity index (χ4n) is 3.31. The highest BCUT2D eigenvalue weighted by molar-refractivity contribution is 5.37. The van der Waals surface area contributed by atoms with Crippen LogP contribution < -0.4 is 4.90 Å². The fourth-order valence-corrected chi connectivity index (χ4v) is 3.31. The van der Waals surface area contributed by atoms with Crippen molar-refractivity contribution in [2.24, 2.45) is 5.92 Å². The van der Waals surface area contributed by atoms with E-state index in [2.05, 4.69) is 14.8 Å². The highest BCUT2D eigenvalue weighted by Crippen LogP contribution is 2.29. The minimum Gasteiger partial charge on any atom is -0.357 e. The van der Waals surface area contributed by atoms with Gasteiger partial charge in [-0.3, -0.25) is 0 Å². The molecule has 3 rings (SSSR count). The Labute approximate surface area is 125 Å². The van der Waals surface area contributed by atoms with E-state index < -0.39 is 5.92 Å². The van der Waals surface area contributed by atoms with E-state index in [0.717, 1.165) is 38.3 Å². The highest BCUT2D eigenvalue weighted by atomic mass is 19.3. The third-order valence-corrected chi connectivity index (χ3v) is 4.69. The molecule has 0 aromatic carbocycles. The monoisotopic (exact) mass is 295 g/mol. The molecular formula is C16H23F2N3. The van der Waals surface area contributed by atoms with Crippen LogP contribution in [0.3, 0.4) is 0 Å². The minimum atomic E-state index is -2.43. The first-order chi connectivity index (χ1) is 10.1. The third-order valence-electron chi connectivity index (χ3n) is 4.69. The van der Waals surface area contributed by atoms with Crippen LogP contribution in [0.4, 0.5) is 14.6 Å². The van der Waals surface area contributed by atoms with E-state index in [-0.39, 0.29) is 12.8 Å². The van der Waals surface area contributed by atoms with Gasteiger partial charge in [0, 0.05) is 51.8 Å². The van der Waals surface area contributed by atoms with Gasteiger partial charge in [0.1, 0.15) is 5.82 Å². The van der Waals surface area contributed by atoms with E-state index in [1.165, 1.54) is 0 Å². The topological polar surface area (TPSA) is 19.4 Å². The zero-order chi connectivity index (χ0) is 14.7. The number of nitrogens with zero attached hydrogens (tertiary/aromatic N) is 3. The summed E-state index contributed by atoms with van der Waals surface area (Å²) in [5, 5.41) is 0. The van der Waals surface area contributed by atoms with Gasteiger partial charge in [-0.2, -0.15) is 0 Å². The molecule has 21 heavy (non-hydrogen) atoms. The Balaban J connectivity index is 1.44. The summed E-state index contributed by atoms with van der Waals surface area (Å²) in [5.41, 5.74) is 0. The molecule has 5 heteroatoms. The van der Waals surface area contributed by atoms with Crippen LogP contribution in [-0.2, 0) is 0 Å². The van der Waals surface area contributed by atoms with Gasteiger partial charge in [-0.25, -0.2) is 13.8 Å². The Bertz CT molecular complexity index is 434. The maximum Gasteiger partial charge on any atom is 0.250 e. The first-order valence-electron chi connectivity index (χ1n) is 7.89. The summed E-state index contributed by atoms with van der Waals surface area (Å²) in [6.07, 6.45) is 4.14. The van der Waals surface area contributed by atoms with Gasteiger partial charge >= 0.3 is 0 Å². The Hall–Kier alpha value is -1.23. The van der Waals surface area contributed by atoms with Crippen LogP contribution >= 0.6 is 0 Å². The summed E-state index contributed by atoms with van der Waals surface area (Å²) in [5.74, 6) is -0.746. The van der Waals surface area contributed by atoms with Gasteiger partial charge in [-0.1, -0.05) is 6.07 Å². The second-order valence-corrected chi connectivity index (χ2v) is 6.27. The lowest BCUT2D eigenvalue weighted by molar-refractivity contribution is -0.0577. The summed E-state index contributed by atoms with van der Waals surface area (Å²) in [6, 6.07) is 6.00. The highest BCUT2D eigenvalue weighted by Gasteiger charge is 2.34. The molecule has 2 fully saturated rings. The molecule has 0 radical (unpaired) electrons. The molecule has 0 N–H and O–H groups in total. The van der Waals surface area contributed by atoms with Crippen LogP contribution in [0.15, 0.2) is 24.4 Å². The van der Waals surface area contributed by atoms with Gasteiger partial charge in [0.25, 0.3) is 5.92 Å². The zero-order valence-corrected chi connectivity index (χ0v) is 12.3. The van der Waals surface area contributed by atoms with Gasteiger partial charge in [-0.15, -0.1) is 0 Å². The predicted molar refractivity (Wildman–Crippen MR) is 79.8 cm³/mol. The SMILES string of the molecule is FC1(F)CCN(CC2CCN(c3ccccn3)CC2)CC1. The standard InChI is InChI=1S/C16H23F2N3/c17-16(18)6-11-20(12-7-16)13-14-4-9-21(10-5-14)15-3-1-2-8-19-15/h1-3,8,14H,4-7,9-13H2. The number of piperidine rings is 2. The summed E-state index contributed by atoms with van der Waals surface area (Å²) in [7, 11) is 0. The molecule has 0 unspecified atom stereocenters. The lowest BCUT2D eigenvalue weighted by Gasteiger charge is -2.37. The molecule has 0 bridgehead atoms. The molecule has 2 aliphatic heterocycles. The van der Waals surface area contributed by atoms with Crippen molar-refractivity contribution in [2.75, 3.05) is 37.6 Å². The van der Waals surface area contributed by atoms with Crippen LogP contribution in [0.1, 0.15) is 25.7 Å². The molecule has 116 valence electrons. The summed E-state index contributed by atoms with van der Waals surface area (Å²) < 4.78 is 26.3. The number of likely N-dealkylation sites (tertiary alicyclic amines) is 1. The van der Waals surface area contributed by atoms with Crippen LogP contribution in [0.25, 0.3) is 0 Å². The molecule has 1 aromatic heterocycles. The van der Waals surface area contributed by atoms with Gasteiger partial charge in [0.05, 0.1) is 0 Å². The smallest absolute Gasteiger partial charge is 0.250 e. The van der Waals surface area contributed by atoms with E-state index in [1.54, 1.807) is 0 Å². The summed E-state index contributed by atoms with van der Waals surface area (Å²) in [4.78, 5) is 8.93. The number of hydrogen-bond acceptors (Lipinski definition) is 3. The summed E-state index contributed by atoms with van der Waals surface area (Å²) >= 11 is 0. The van der Waals surface area contributed by atoms with Crippen LogP contribution in [0, 0.1) is 5.92 Å². The lowest BCUT2D eigenvalue weighted by Crippen LogP contribution is -2.44. The van der Waals surface area contributed by atoms with E-state index in [1.807, 2.05) is 24.4 Å². The number of alkyl halides is 2. The quantitative estimate of drug-likeness (QED) is 0.854. The molecular weight excluding hydrogens is 272 g/mol. The predicted octanol–water partition coefficient (Wildman–Crippen LogP) is 3.03. The molecule has 0 spiro atoms. The number of rotatable bonds is 3. The minimum absolute atomic E-state index is 0.0276. The Kier molecular flexibility index (Phi) is 4.38. The number of halogens is 2. The van der Waals surface area contributed by atoms with Gasteiger partial charge in [0.15, 0.2) is 0 Å². The number of anilines is 1. The second-order valence-electron chi connectivity index (χ2n) is 6.27. The largest absolute Gasteiger partial charge is 0.357 e. The van der Waals surface area contributed by atoms with Crippen LogP contribution in [0.5, 0.6) is 0 Å². The Morgan fingerprint density at radius 3 is 2.43 bits per heavy atom. The molecule has 1 aromatic rings. The lowest BCUT2D eigenvalue weighted by atomic mass is 9.95. The first kappa shape index (κ1) is 14.7. The molecule has 0 aliphatic carbocycles. The van der Waals surface area contributed by atoms with Crippen molar-refractivity contribution < 1.29 is 8.78 Å². The molecule has 2 saturated heterocycles. The van der Waals surface area contributed by atoms with Gasteiger partial charge in [0.2, 0.25) is 0 Å². The van der Waals surface area contributed by atoms with Crippen molar-refractivity contribution in [2.45, 2.75) is 31.6 Å². The zero-order valence-electron chi connectivity index (χ0n) is 12.3. The Morgan fingerprint density at radius 2 is 1.81 bits per heavy atom. The van der Waals surface area contributed by atoms with E-state index >= 15 is 0 Å². The Morgan fingerprint density at radius 1 is 1.10 bits per heavy atom. The van der Waals surface area contributed by atoms with Crippen molar-refractivity contribution >= 4 is 5.82 Å². The van der Waals surface area contributed by atoms with Gasteiger partial charge < -0.3 is 9.80 Å². The van der Waals surface area contributed by atoms with Crippen molar-refractivity contribution in [3.63, 3.8) is 0 Å². The molecule has 0 saturated carbocycles. The molecule has 0 amide bonds. The van der Waals surface area contributed by atoms with E-state index in [0.29, 0.717) is 19.0 Å². The number of hydrogen-bond donors (Lipinski definition) is 0. The third kappa shape index (κ3) is 3.90. The normalized spacial score (nSPS) is 24.2. The average molecular weight is 295 g/mol. The number of aromatic nitrogens is 1. The van der Waals surface area contributed by atoms with Crippen molar-refractivity contribution in [3.05, 3.63) is 24.4 Å². The maximum absolute atomic E-state index is 13.2. The van der Waals surface area contributed by atoms with E-state index in [4.69, 9.17) is 0 Å². The second kappa shape index (κ2) is 6.26. The van der Waals surface area contributed by atoms with Crippen molar-refractivity contribution in [3.8, 4) is 0 Å². The fraction of sp³-hybridized carbons (Fsp3) is 0.688. The molecule has 2 aliphatic rings. The molecule has 3 heterocycles. The molecule has 3 nitrogen and oxygen atoms in total. The average Bonchev–Trinajstić information content (AvgIpc) is 2.51. The van der Waals surface area contributed by atoms with Crippen LogP contribution in [-0.4, -0.2) is 48.5 Å². The van der Waals surface area contributed by atoms with Crippen molar-refractivity contribution in [1.82, 2.24) is 9.88 Å².